The van der Waals surface area contributed by atoms with E-state index in [-0.39, 0.29) is 4.90 Å². The predicted octanol–water partition coefficient (Wildman–Crippen LogP) is 4.81. The Morgan fingerprint density at radius 1 is 1.33 bits per heavy atom. The summed E-state index contributed by atoms with van der Waals surface area (Å²) in [5.74, 6) is 0. The summed E-state index contributed by atoms with van der Waals surface area (Å²) < 4.78 is 40.2. The number of hydrogen-bond donors (Lipinski definition) is 1. The Kier molecular flexibility index (Phi) is 5.66. The highest BCUT2D eigenvalue weighted by Crippen LogP contribution is 2.40. The van der Waals surface area contributed by atoms with Crippen LogP contribution in [0.15, 0.2) is 39.0 Å². The normalized spacial score (nSPS) is 11.8. The summed E-state index contributed by atoms with van der Waals surface area (Å²) in [4.78, 5) is 4.21. The first-order valence-corrected chi connectivity index (χ1v) is 8.18. The largest absolute Gasteiger partial charge is 0.417 e. The van der Waals surface area contributed by atoms with Crippen molar-refractivity contribution in [2.24, 2.45) is 0 Å². The van der Waals surface area contributed by atoms with Gasteiger partial charge in [0.15, 0.2) is 4.34 Å². The van der Waals surface area contributed by atoms with E-state index in [1.807, 2.05) is 6.92 Å². The van der Waals surface area contributed by atoms with Crippen molar-refractivity contribution >= 4 is 23.1 Å². The topological polar surface area (TPSA) is 24.9 Å². The second-order valence-corrected chi connectivity index (χ2v) is 6.59. The Labute approximate surface area is 129 Å². The maximum atomic E-state index is 13.2. The number of hydrogen-bond acceptors (Lipinski definition) is 4. The van der Waals surface area contributed by atoms with Gasteiger partial charge in [0.25, 0.3) is 0 Å². The van der Waals surface area contributed by atoms with Crippen LogP contribution < -0.4 is 5.32 Å². The van der Waals surface area contributed by atoms with Crippen LogP contribution in [0.25, 0.3) is 0 Å². The SMILES string of the molecule is CCCNCc1ccc(Sc2nccs2)c(C(F)(F)F)c1. The van der Waals surface area contributed by atoms with Gasteiger partial charge in [-0.25, -0.2) is 4.98 Å². The monoisotopic (exact) mass is 332 g/mol. The first-order valence-electron chi connectivity index (χ1n) is 6.49. The highest BCUT2D eigenvalue weighted by Gasteiger charge is 2.34. The van der Waals surface area contributed by atoms with Gasteiger partial charge in [0, 0.05) is 23.0 Å². The molecule has 0 unspecified atom stereocenters. The molecule has 1 aromatic heterocycles. The third-order valence-electron chi connectivity index (χ3n) is 2.71. The summed E-state index contributed by atoms with van der Waals surface area (Å²) >= 11 is 2.38. The quantitative estimate of drug-likeness (QED) is 0.768. The number of benzene rings is 1. The van der Waals surface area contributed by atoms with Crippen molar-refractivity contribution in [2.45, 2.75) is 35.3 Å². The lowest BCUT2D eigenvalue weighted by atomic mass is 10.1. The van der Waals surface area contributed by atoms with Gasteiger partial charge in [0.05, 0.1) is 5.56 Å². The van der Waals surface area contributed by atoms with Crippen molar-refractivity contribution in [3.8, 4) is 0 Å². The van der Waals surface area contributed by atoms with Gasteiger partial charge in [-0.3, -0.25) is 0 Å². The van der Waals surface area contributed by atoms with Gasteiger partial charge in [-0.1, -0.05) is 24.8 Å². The molecule has 2 nitrogen and oxygen atoms in total. The van der Waals surface area contributed by atoms with Crippen LogP contribution in [0, 0.1) is 0 Å². The van der Waals surface area contributed by atoms with Crippen LogP contribution >= 0.6 is 23.1 Å². The van der Waals surface area contributed by atoms with E-state index >= 15 is 0 Å². The maximum Gasteiger partial charge on any atom is 0.417 e. The fourth-order valence-electron chi connectivity index (χ4n) is 1.76. The van der Waals surface area contributed by atoms with Crippen LogP contribution in [0.2, 0.25) is 0 Å². The van der Waals surface area contributed by atoms with Crippen LogP contribution in [0.5, 0.6) is 0 Å². The molecule has 0 bridgehead atoms. The summed E-state index contributed by atoms with van der Waals surface area (Å²) in [6.45, 7) is 3.25. The number of alkyl halides is 3. The third kappa shape index (κ3) is 4.72. The Morgan fingerprint density at radius 2 is 2.14 bits per heavy atom. The minimum absolute atomic E-state index is 0.191. The molecule has 114 valence electrons. The second-order valence-electron chi connectivity index (χ2n) is 4.41. The van der Waals surface area contributed by atoms with Crippen LogP contribution in [-0.4, -0.2) is 11.5 Å². The minimum atomic E-state index is -4.36. The van der Waals surface area contributed by atoms with Crippen molar-refractivity contribution in [2.75, 3.05) is 6.54 Å². The Hall–Kier alpha value is -1.05. The molecule has 0 atom stereocenters. The summed E-state index contributed by atoms with van der Waals surface area (Å²) in [5.41, 5.74) is 0.0396. The van der Waals surface area contributed by atoms with Gasteiger partial charge in [-0.05, 0) is 30.7 Å². The lowest BCUT2D eigenvalue weighted by Crippen LogP contribution is -2.15. The van der Waals surface area contributed by atoms with Crippen molar-refractivity contribution in [1.82, 2.24) is 10.3 Å². The number of nitrogens with one attached hydrogen (secondary N) is 1. The van der Waals surface area contributed by atoms with Crippen LogP contribution in [0.1, 0.15) is 24.5 Å². The van der Waals surface area contributed by atoms with E-state index in [2.05, 4.69) is 10.3 Å². The number of halogens is 3. The van der Waals surface area contributed by atoms with Crippen molar-refractivity contribution in [3.05, 3.63) is 40.9 Å². The molecular weight excluding hydrogens is 317 g/mol. The van der Waals surface area contributed by atoms with Crippen LogP contribution in [0.3, 0.4) is 0 Å². The van der Waals surface area contributed by atoms with Crippen molar-refractivity contribution in [1.29, 1.82) is 0 Å². The van der Waals surface area contributed by atoms with E-state index in [9.17, 15) is 13.2 Å². The highest BCUT2D eigenvalue weighted by molar-refractivity contribution is 8.01. The first kappa shape index (κ1) is 16.3. The molecule has 0 fully saturated rings. The summed E-state index contributed by atoms with van der Waals surface area (Å²) in [7, 11) is 0. The predicted molar refractivity (Wildman–Crippen MR) is 79.7 cm³/mol. The fourth-order valence-corrected chi connectivity index (χ4v) is 3.47. The summed E-state index contributed by atoms with van der Waals surface area (Å²) in [6.07, 6.45) is -1.83. The van der Waals surface area contributed by atoms with E-state index in [1.54, 1.807) is 17.6 Å². The average Bonchev–Trinajstić information content (AvgIpc) is 2.92. The maximum absolute atomic E-state index is 13.2. The molecule has 2 aromatic rings. The van der Waals surface area contributed by atoms with Gasteiger partial charge in [-0.2, -0.15) is 13.2 Å². The molecule has 0 saturated heterocycles. The average molecular weight is 332 g/mol. The number of thiazole rings is 1. The highest BCUT2D eigenvalue weighted by atomic mass is 32.2. The van der Waals surface area contributed by atoms with Gasteiger partial charge >= 0.3 is 6.18 Å². The van der Waals surface area contributed by atoms with E-state index in [0.29, 0.717) is 16.4 Å². The van der Waals surface area contributed by atoms with Crippen molar-refractivity contribution in [3.63, 3.8) is 0 Å². The van der Waals surface area contributed by atoms with Gasteiger partial charge in [-0.15, -0.1) is 11.3 Å². The van der Waals surface area contributed by atoms with E-state index in [1.165, 1.54) is 23.5 Å². The minimum Gasteiger partial charge on any atom is -0.313 e. The van der Waals surface area contributed by atoms with E-state index in [0.717, 1.165) is 24.7 Å². The number of aromatic nitrogens is 1. The molecule has 2 rings (SSSR count). The zero-order valence-corrected chi connectivity index (χ0v) is 13.0. The molecule has 7 heteroatoms. The van der Waals surface area contributed by atoms with Crippen LogP contribution in [0.4, 0.5) is 13.2 Å². The Balaban J connectivity index is 2.23. The first-order chi connectivity index (χ1) is 10.0. The number of nitrogens with zero attached hydrogens (tertiary/aromatic N) is 1. The second kappa shape index (κ2) is 7.29. The Bertz CT molecular complexity index is 568. The molecule has 0 aliphatic carbocycles. The lowest BCUT2D eigenvalue weighted by Gasteiger charge is -2.13. The zero-order chi connectivity index (χ0) is 15.3. The van der Waals surface area contributed by atoms with E-state index < -0.39 is 11.7 Å². The molecule has 1 aromatic carbocycles. The molecule has 0 radical (unpaired) electrons. The molecule has 1 heterocycles. The Morgan fingerprint density at radius 3 is 2.76 bits per heavy atom. The molecule has 0 spiro atoms. The fraction of sp³-hybridized carbons (Fsp3) is 0.357. The molecule has 0 aliphatic rings. The lowest BCUT2D eigenvalue weighted by molar-refractivity contribution is -0.139. The molecule has 0 saturated carbocycles. The van der Waals surface area contributed by atoms with Gasteiger partial charge < -0.3 is 5.32 Å². The third-order valence-corrected chi connectivity index (χ3v) is 4.67. The van der Waals surface area contributed by atoms with Crippen molar-refractivity contribution < 1.29 is 13.2 Å². The van der Waals surface area contributed by atoms with E-state index in [4.69, 9.17) is 0 Å². The molecule has 1 N–H and O–H groups in total. The standard InChI is InChI=1S/C14H15F3N2S2/c1-2-5-18-9-10-3-4-12(11(8-10)14(15,16)17)21-13-19-6-7-20-13/h3-4,6-8,18H,2,5,9H2,1H3. The molecule has 0 amide bonds. The number of rotatable bonds is 6. The summed E-state index contributed by atoms with van der Waals surface area (Å²) in [6, 6.07) is 4.48. The zero-order valence-electron chi connectivity index (χ0n) is 11.4. The van der Waals surface area contributed by atoms with Gasteiger partial charge in [0.1, 0.15) is 0 Å². The van der Waals surface area contributed by atoms with Gasteiger partial charge in [0.2, 0.25) is 0 Å². The smallest absolute Gasteiger partial charge is 0.313 e. The summed E-state index contributed by atoms with van der Waals surface area (Å²) in [5, 5.41) is 4.86. The molecule has 21 heavy (non-hydrogen) atoms. The molecule has 0 aliphatic heterocycles. The molecular formula is C14H15F3N2S2. The van der Waals surface area contributed by atoms with Crippen LogP contribution in [-0.2, 0) is 12.7 Å².